The molecular formula is C14H17NO2S. The number of hydrogen-bond donors (Lipinski definition) is 1. The van der Waals surface area contributed by atoms with Crippen LogP contribution in [-0.2, 0) is 9.53 Å². The van der Waals surface area contributed by atoms with E-state index < -0.39 is 5.60 Å². The third kappa shape index (κ3) is 3.47. The number of thiophene rings is 1. The first-order valence-corrected chi connectivity index (χ1v) is 6.75. The van der Waals surface area contributed by atoms with Crippen molar-refractivity contribution in [1.82, 2.24) is 0 Å². The zero-order valence-corrected chi connectivity index (χ0v) is 11.6. The van der Waals surface area contributed by atoms with Gasteiger partial charge in [-0.15, -0.1) is 11.3 Å². The normalized spacial score (nSPS) is 11.5. The fourth-order valence-electron chi connectivity index (χ4n) is 1.63. The Morgan fingerprint density at radius 2 is 2.11 bits per heavy atom. The monoisotopic (exact) mass is 263 g/mol. The van der Waals surface area contributed by atoms with Crippen LogP contribution in [0.15, 0.2) is 29.6 Å². The van der Waals surface area contributed by atoms with Gasteiger partial charge in [-0.2, -0.15) is 0 Å². The van der Waals surface area contributed by atoms with Crippen molar-refractivity contribution in [3.63, 3.8) is 0 Å². The molecule has 2 rings (SSSR count). The fourth-order valence-corrected chi connectivity index (χ4v) is 2.40. The van der Waals surface area contributed by atoms with E-state index in [2.05, 4.69) is 22.8 Å². The average molecular weight is 263 g/mol. The summed E-state index contributed by atoms with van der Waals surface area (Å²) in [5, 5.41) is 6.33. The van der Waals surface area contributed by atoms with Crippen molar-refractivity contribution >= 4 is 33.1 Å². The van der Waals surface area contributed by atoms with Crippen LogP contribution in [-0.4, -0.2) is 18.1 Å². The minimum absolute atomic E-state index is 0.187. The molecule has 0 bridgehead atoms. The smallest absolute Gasteiger partial charge is 0.325 e. The van der Waals surface area contributed by atoms with Gasteiger partial charge in [0.15, 0.2) is 0 Å². The Morgan fingerprint density at radius 3 is 2.83 bits per heavy atom. The zero-order valence-electron chi connectivity index (χ0n) is 10.8. The molecule has 0 atom stereocenters. The summed E-state index contributed by atoms with van der Waals surface area (Å²) in [5.41, 5.74) is 0.502. The molecule has 0 unspecified atom stereocenters. The van der Waals surface area contributed by atoms with Crippen LogP contribution in [0.5, 0.6) is 0 Å². The summed E-state index contributed by atoms with van der Waals surface area (Å²) in [6.07, 6.45) is 0. The molecule has 0 aliphatic carbocycles. The number of hydrogen-bond acceptors (Lipinski definition) is 4. The van der Waals surface area contributed by atoms with E-state index in [-0.39, 0.29) is 12.5 Å². The van der Waals surface area contributed by atoms with Crippen LogP contribution < -0.4 is 5.32 Å². The lowest BCUT2D eigenvalue weighted by Crippen LogP contribution is -2.28. The Kier molecular flexibility index (Phi) is 3.57. The molecule has 1 aromatic heterocycles. The molecule has 0 amide bonds. The molecule has 0 spiro atoms. The van der Waals surface area contributed by atoms with Crippen LogP contribution in [0.4, 0.5) is 5.69 Å². The van der Waals surface area contributed by atoms with E-state index in [0.717, 1.165) is 5.69 Å². The molecule has 1 N–H and O–H groups in total. The van der Waals surface area contributed by atoms with Gasteiger partial charge in [-0.05, 0) is 55.8 Å². The standard InChI is InChI=1S/C14H17NO2S/c1-14(2,3)17-13(16)9-15-11-4-5-12-10(8-11)6-7-18-12/h4-8,15H,9H2,1-3H3. The van der Waals surface area contributed by atoms with Crippen LogP contribution in [0, 0.1) is 0 Å². The summed E-state index contributed by atoms with van der Waals surface area (Å²) in [5.74, 6) is -0.243. The second-order valence-corrected chi connectivity index (χ2v) is 6.06. The van der Waals surface area contributed by atoms with Crippen molar-refractivity contribution in [3.8, 4) is 0 Å². The second-order valence-electron chi connectivity index (χ2n) is 5.11. The summed E-state index contributed by atoms with van der Waals surface area (Å²) < 4.78 is 6.48. The largest absolute Gasteiger partial charge is 0.459 e. The van der Waals surface area contributed by atoms with Gasteiger partial charge in [-0.3, -0.25) is 4.79 Å². The lowest BCUT2D eigenvalue weighted by molar-refractivity contribution is -0.152. The molecule has 0 radical (unpaired) electrons. The van der Waals surface area contributed by atoms with Crippen molar-refractivity contribution in [2.45, 2.75) is 26.4 Å². The number of anilines is 1. The van der Waals surface area contributed by atoms with Gasteiger partial charge < -0.3 is 10.1 Å². The Bertz CT molecular complexity index is 554. The summed E-state index contributed by atoms with van der Waals surface area (Å²) >= 11 is 1.71. The summed E-state index contributed by atoms with van der Waals surface area (Å²) in [6, 6.07) is 8.13. The molecule has 18 heavy (non-hydrogen) atoms. The van der Waals surface area contributed by atoms with Gasteiger partial charge in [0.2, 0.25) is 0 Å². The van der Waals surface area contributed by atoms with E-state index in [1.165, 1.54) is 10.1 Å². The first-order chi connectivity index (χ1) is 8.44. The molecule has 0 saturated heterocycles. The highest BCUT2D eigenvalue weighted by Gasteiger charge is 2.15. The van der Waals surface area contributed by atoms with Gasteiger partial charge in [-0.1, -0.05) is 0 Å². The molecule has 0 aliphatic heterocycles. The van der Waals surface area contributed by atoms with E-state index in [1.54, 1.807) is 11.3 Å². The number of carbonyl (C=O) groups is 1. The van der Waals surface area contributed by atoms with E-state index in [0.29, 0.717) is 0 Å². The molecule has 1 aromatic carbocycles. The quantitative estimate of drug-likeness (QED) is 0.859. The third-order valence-electron chi connectivity index (χ3n) is 2.31. The number of carbonyl (C=O) groups excluding carboxylic acids is 1. The first kappa shape index (κ1) is 12.9. The number of rotatable bonds is 3. The molecule has 2 aromatic rings. The van der Waals surface area contributed by atoms with Crippen LogP contribution in [0.3, 0.4) is 0 Å². The van der Waals surface area contributed by atoms with Gasteiger partial charge in [0.1, 0.15) is 12.1 Å². The summed E-state index contributed by atoms with van der Waals surface area (Å²) in [7, 11) is 0. The topological polar surface area (TPSA) is 38.3 Å². The van der Waals surface area contributed by atoms with Crippen LogP contribution in [0.1, 0.15) is 20.8 Å². The lowest BCUT2D eigenvalue weighted by Gasteiger charge is -2.19. The number of ether oxygens (including phenoxy) is 1. The minimum Gasteiger partial charge on any atom is -0.459 e. The predicted molar refractivity (Wildman–Crippen MR) is 76.2 cm³/mol. The minimum atomic E-state index is -0.434. The lowest BCUT2D eigenvalue weighted by atomic mass is 10.2. The van der Waals surface area contributed by atoms with Crippen molar-refractivity contribution in [2.75, 3.05) is 11.9 Å². The molecule has 3 nitrogen and oxygen atoms in total. The van der Waals surface area contributed by atoms with Crippen molar-refractivity contribution in [3.05, 3.63) is 29.6 Å². The van der Waals surface area contributed by atoms with Crippen LogP contribution in [0.2, 0.25) is 0 Å². The van der Waals surface area contributed by atoms with Crippen molar-refractivity contribution < 1.29 is 9.53 Å². The number of nitrogens with one attached hydrogen (secondary N) is 1. The van der Waals surface area contributed by atoms with E-state index in [1.807, 2.05) is 32.9 Å². The van der Waals surface area contributed by atoms with E-state index >= 15 is 0 Å². The van der Waals surface area contributed by atoms with Crippen molar-refractivity contribution in [1.29, 1.82) is 0 Å². The summed E-state index contributed by atoms with van der Waals surface area (Å²) in [4.78, 5) is 11.6. The van der Waals surface area contributed by atoms with Crippen LogP contribution in [0.25, 0.3) is 10.1 Å². The van der Waals surface area contributed by atoms with Gasteiger partial charge >= 0.3 is 5.97 Å². The highest BCUT2D eigenvalue weighted by molar-refractivity contribution is 7.17. The Balaban J connectivity index is 1.95. The number of benzene rings is 1. The maximum absolute atomic E-state index is 11.6. The van der Waals surface area contributed by atoms with Gasteiger partial charge in [0.05, 0.1) is 0 Å². The highest BCUT2D eigenvalue weighted by atomic mass is 32.1. The fraction of sp³-hybridized carbons (Fsp3) is 0.357. The van der Waals surface area contributed by atoms with Crippen molar-refractivity contribution in [2.24, 2.45) is 0 Å². The van der Waals surface area contributed by atoms with Gasteiger partial charge in [0, 0.05) is 10.4 Å². The Labute approximate surface area is 111 Å². The summed E-state index contributed by atoms with van der Waals surface area (Å²) in [6.45, 7) is 5.78. The molecule has 4 heteroatoms. The number of esters is 1. The van der Waals surface area contributed by atoms with Gasteiger partial charge in [-0.25, -0.2) is 0 Å². The molecule has 0 fully saturated rings. The maximum atomic E-state index is 11.6. The molecule has 0 saturated carbocycles. The first-order valence-electron chi connectivity index (χ1n) is 5.87. The zero-order chi connectivity index (χ0) is 13.2. The Hall–Kier alpha value is -1.55. The average Bonchev–Trinajstić information content (AvgIpc) is 2.71. The number of fused-ring (bicyclic) bond motifs is 1. The molecule has 96 valence electrons. The third-order valence-corrected chi connectivity index (χ3v) is 3.21. The molecular weight excluding hydrogens is 246 g/mol. The van der Waals surface area contributed by atoms with E-state index in [9.17, 15) is 4.79 Å². The predicted octanol–water partition coefficient (Wildman–Crippen LogP) is 3.65. The second kappa shape index (κ2) is 4.98. The molecule has 1 heterocycles. The van der Waals surface area contributed by atoms with E-state index in [4.69, 9.17) is 4.74 Å². The highest BCUT2D eigenvalue weighted by Crippen LogP contribution is 2.23. The molecule has 0 aliphatic rings. The maximum Gasteiger partial charge on any atom is 0.325 e. The van der Waals surface area contributed by atoms with Crippen LogP contribution >= 0.6 is 11.3 Å². The Morgan fingerprint density at radius 1 is 1.33 bits per heavy atom. The SMILES string of the molecule is CC(C)(C)OC(=O)CNc1ccc2sccc2c1. The van der Waals surface area contributed by atoms with Gasteiger partial charge in [0.25, 0.3) is 0 Å².